The second kappa shape index (κ2) is 6.11. The lowest BCUT2D eigenvalue weighted by atomic mass is 9.94. The highest BCUT2D eigenvalue weighted by molar-refractivity contribution is 5.81. The Kier molecular flexibility index (Phi) is 5.17. The minimum atomic E-state index is -0.288. The lowest BCUT2D eigenvalue weighted by molar-refractivity contribution is -0.132. The summed E-state index contributed by atoms with van der Waals surface area (Å²) in [4.78, 5) is 13.8. The minimum Gasteiger partial charge on any atom is -0.368 e. The summed E-state index contributed by atoms with van der Waals surface area (Å²) in [6, 6.07) is 1.92. The summed E-state index contributed by atoms with van der Waals surface area (Å²) in [6.45, 7) is 10.6. The lowest BCUT2D eigenvalue weighted by Gasteiger charge is -2.30. The SMILES string of the molecule is C[C@@H](N[C@H]1CC(C)(C)OC1(C)C)C(=O)N(C)CCC#N. The van der Waals surface area contributed by atoms with Crippen LogP contribution in [0.3, 0.4) is 0 Å². The predicted octanol–water partition coefficient (Wildman–Crippen LogP) is 1.68. The maximum Gasteiger partial charge on any atom is 0.239 e. The van der Waals surface area contributed by atoms with Gasteiger partial charge in [0.1, 0.15) is 0 Å². The Morgan fingerprint density at radius 1 is 1.50 bits per heavy atom. The van der Waals surface area contributed by atoms with Crippen molar-refractivity contribution in [3.63, 3.8) is 0 Å². The molecule has 1 heterocycles. The zero-order valence-electron chi connectivity index (χ0n) is 13.5. The van der Waals surface area contributed by atoms with Crippen LogP contribution >= 0.6 is 0 Å². The van der Waals surface area contributed by atoms with E-state index in [1.54, 1.807) is 11.9 Å². The molecular formula is C15H27N3O2. The number of likely N-dealkylation sites (N-methyl/N-ethyl adjacent to an activating group) is 1. The summed E-state index contributed by atoms with van der Waals surface area (Å²) in [5.41, 5.74) is -0.458. The van der Waals surface area contributed by atoms with E-state index in [4.69, 9.17) is 10.00 Å². The van der Waals surface area contributed by atoms with Crippen LogP contribution in [0.2, 0.25) is 0 Å². The third kappa shape index (κ3) is 4.19. The van der Waals surface area contributed by atoms with Gasteiger partial charge >= 0.3 is 0 Å². The van der Waals surface area contributed by atoms with Gasteiger partial charge in [-0.25, -0.2) is 0 Å². The molecule has 1 aliphatic heterocycles. The molecule has 114 valence electrons. The first-order valence-electron chi connectivity index (χ1n) is 7.17. The maximum atomic E-state index is 12.2. The van der Waals surface area contributed by atoms with E-state index in [0.29, 0.717) is 13.0 Å². The molecule has 0 radical (unpaired) electrons. The monoisotopic (exact) mass is 281 g/mol. The standard InChI is InChI=1S/C15H27N3O2/c1-11(13(19)18(6)9-7-8-16)17-12-10-14(2,3)20-15(12,4)5/h11-12,17H,7,9-10H2,1-6H3/t11-,12+/m1/s1. The van der Waals surface area contributed by atoms with Crippen molar-refractivity contribution in [2.24, 2.45) is 0 Å². The zero-order chi connectivity index (χ0) is 15.6. The van der Waals surface area contributed by atoms with E-state index in [-0.39, 0.29) is 29.2 Å². The lowest BCUT2D eigenvalue weighted by Crippen LogP contribution is -2.52. The summed E-state index contributed by atoms with van der Waals surface area (Å²) < 4.78 is 6.02. The largest absolute Gasteiger partial charge is 0.368 e. The molecule has 0 spiro atoms. The van der Waals surface area contributed by atoms with Crippen molar-refractivity contribution in [3.05, 3.63) is 0 Å². The van der Waals surface area contributed by atoms with E-state index in [1.807, 2.05) is 6.92 Å². The Morgan fingerprint density at radius 2 is 2.10 bits per heavy atom. The molecule has 20 heavy (non-hydrogen) atoms. The Morgan fingerprint density at radius 3 is 2.55 bits per heavy atom. The first kappa shape index (κ1) is 16.9. The van der Waals surface area contributed by atoms with Gasteiger partial charge in [0, 0.05) is 19.6 Å². The molecule has 1 fully saturated rings. The van der Waals surface area contributed by atoms with E-state index in [9.17, 15) is 4.79 Å². The van der Waals surface area contributed by atoms with Gasteiger partial charge in [0.2, 0.25) is 5.91 Å². The van der Waals surface area contributed by atoms with Crippen LogP contribution in [0.15, 0.2) is 0 Å². The predicted molar refractivity (Wildman–Crippen MR) is 78.1 cm³/mol. The fraction of sp³-hybridized carbons (Fsp3) is 0.867. The Labute approximate surface area is 122 Å². The van der Waals surface area contributed by atoms with Crippen molar-refractivity contribution >= 4 is 5.91 Å². The number of carbonyl (C=O) groups is 1. The average molecular weight is 281 g/mol. The van der Waals surface area contributed by atoms with Crippen LogP contribution in [-0.4, -0.2) is 47.7 Å². The van der Waals surface area contributed by atoms with Gasteiger partial charge in [-0.1, -0.05) is 0 Å². The molecule has 1 N–H and O–H groups in total. The van der Waals surface area contributed by atoms with Gasteiger partial charge in [-0.3, -0.25) is 4.79 Å². The molecule has 0 aromatic rings. The van der Waals surface area contributed by atoms with Gasteiger partial charge in [0.05, 0.1) is 29.7 Å². The number of hydrogen-bond donors (Lipinski definition) is 1. The molecule has 0 unspecified atom stereocenters. The van der Waals surface area contributed by atoms with Crippen LogP contribution < -0.4 is 5.32 Å². The Hall–Kier alpha value is -1.12. The average Bonchev–Trinajstić information content (AvgIpc) is 2.52. The first-order chi connectivity index (χ1) is 9.09. The number of hydrogen-bond acceptors (Lipinski definition) is 4. The Balaban J connectivity index is 2.60. The second-order valence-electron chi connectivity index (χ2n) is 6.78. The van der Waals surface area contributed by atoms with Crippen LogP contribution in [0, 0.1) is 11.3 Å². The first-order valence-corrected chi connectivity index (χ1v) is 7.17. The summed E-state index contributed by atoms with van der Waals surface area (Å²) in [7, 11) is 1.73. The highest BCUT2D eigenvalue weighted by Gasteiger charge is 2.46. The van der Waals surface area contributed by atoms with Crippen LogP contribution in [0.25, 0.3) is 0 Å². The third-order valence-electron chi connectivity index (χ3n) is 3.83. The van der Waals surface area contributed by atoms with E-state index in [1.165, 1.54) is 0 Å². The number of carbonyl (C=O) groups excluding carboxylic acids is 1. The minimum absolute atomic E-state index is 0.0146. The summed E-state index contributed by atoms with van der Waals surface area (Å²) >= 11 is 0. The van der Waals surface area contributed by atoms with E-state index < -0.39 is 0 Å². The van der Waals surface area contributed by atoms with Crippen LogP contribution in [0.4, 0.5) is 0 Å². The van der Waals surface area contributed by atoms with Gasteiger partial charge in [0.25, 0.3) is 0 Å². The molecule has 0 aromatic heterocycles. The highest BCUT2D eigenvalue weighted by Crippen LogP contribution is 2.37. The number of nitrogens with zero attached hydrogens (tertiary/aromatic N) is 2. The number of nitriles is 1. The molecule has 0 saturated carbocycles. The zero-order valence-corrected chi connectivity index (χ0v) is 13.5. The highest BCUT2D eigenvalue weighted by atomic mass is 16.5. The maximum absolute atomic E-state index is 12.2. The molecule has 1 amide bonds. The quantitative estimate of drug-likeness (QED) is 0.832. The molecule has 0 bridgehead atoms. The van der Waals surface area contributed by atoms with Crippen molar-refractivity contribution in [2.75, 3.05) is 13.6 Å². The van der Waals surface area contributed by atoms with Crippen LogP contribution in [0.5, 0.6) is 0 Å². The topological polar surface area (TPSA) is 65.4 Å². The van der Waals surface area contributed by atoms with Crippen molar-refractivity contribution in [1.82, 2.24) is 10.2 Å². The fourth-order valence-corrected chi connectivity index (χ4v) is 2.85. The van der Waals surface area contributed by atoms with Crippen LogP contribution in [0.1, 0.15) is 47.5 Å². The molecule has 1 rings (SSSR count). The summed E-state index contributed by atoms with van der Waals surface area (Å²) in [5, 5.41) is 12.0. The van der Waals surface area contributed by atoms with Gasteiger partial charge in [-0.2, -0.15) is 5.26 Å². The molecule has 1 saturated heterocycles. The van der Waals surface area contributed by atoms with Crippen molar-refractivity contribution < 1.29 is 9.53 Å². The van der Waals surface area contributed by atoms with Crippen molar-refractivity contribution in [2.45, 2.75) is 70.7 Å². The van der Waals surface area contributed by atoms with Gasteiger partial charge in [-0.15, -0.1) is 0 Å². The fourth-order valence-electron chi connectivity index (χ4n) is 2.85. The van der Waals surface area contributed by atoms with E-state index in [2.05, 4.69) is 39.1 Å². The van der Waals surface area contributed by atoms with Gasteiger partial charge < -0.3 is 15.0 Å². The number of nitrogens with one attached hydrogen (secondary N) is 1. The number of rotatable bonds is 5. The Bertz CT molecular complexity index is 398. The number of amides is 1. The summed E-state index contributed by atoms with van der Waals surface area (Å²) in [5.74, 6) is 0.0146. The molecule has 0 aliphatic carbocycles. The molecule has 5 heteroatoms. The molecular weight excluding hydrogens is 254 g/mol. The normalized spacial score (nSPS) is 24.9. The molecule has 5 nitrogen and oxygen atoms in total. The van der Waals surface area contributed by atoms with Gasteiger partial charge in [0.15, 0.2) is 0 Å². The second-order valence-corrected chi connectivity index (χ2v) is 6.78. The van der Waals surface area contributed by atoms with Gasteiger partial charge in [-0.05, 0) is 41.0 Å². The molecule has 1 aliphatic rings. The molecule has 0 aromatic carbocycles. The van der Waals surface area contributed by atoms with Crippen molar-refractivity contribution in [3.8, 4) is 6.07 Å². The van der Waals surface area contributed by atoms with Crippen LogP contribution in [-0.2, 0) is 9.53 Å². The third-order valence-corrected chi connectivity index (χ3v) is 3.83. The van der Waals surface area contributed by atoms with E-state index >= 15 is 0 Å². The molecule has 2 atom stereocenters. The smallest absolute Gasteiger partial charge is 0.239 e. The summed E-state index contributed by atoms with van der Waals surface area (Å²) in [6.07, 6.45) is 1.24. The van der Waals surface area contributed by atoms with Crippen molar-refractivity contribution in [1.29, 1.82) is 5.26 Å². The van der Waals surface area contributed by atoms with E-state index in [0.717, 1.165) is 6.42 Å². The number of ether oxygens (including phenoxy) is 1.